The van der Waals surface area contributed by atoms with Crippen LogP contribution in [0.1, 0.15) is 15.3 Å². The molecule has 0 saturated carbocycles. The molecule has 1 unspecified atom stereocenters. The van der Waals surface area contributed by atoms with E-state index in [4.69, 9.17) is 0 Å². The van der Waals surface area contributed by atoms with Crippen molar-refractivity contribution in [3.8, 4) is 0 Å². The highest BCUT2D eigenvalue weighted by Crippen LogP contribution is 2.30. The molecule has 0 spiro atoms. The second-order valence-electron chi connectivity index (χ2n) is 3.55. The molecule has 1 atom stereocenters. The molecule has 2 rings (SSSR count). The molecule has 0 nitrogen and oxygen atoms in total. The third kappa shape index (κ3) is 2.90. The van der Waals surface area contributed by atoms with E-state index in [0.29, 0.717) is 12.0 Å². The van der Waals surface area contributed by atoms with E-state index in [1.807, 2.05) is 17.5 Å². The summed E-state index contributed by atoms with van der Waals surface area (Å²) >= 11 is 4.92. The zero-order valence-corrected chi connectivity index (χ0v) is 11.0. The second kappa shape index (κ2) is 5.23. The molecule has 0 bridgehead atoms. The SMILES string of the molecule is Fc1cc(C(Br)Cc2cccs2)cc(F)c1F. The Kier molecular flexibility index (Phi) is 3.89. The van der Waals surface area contributed by atoms with Crippen molar-refractivity contribution < 1.29 is 13.2 Å². The molecule has 1 heterocycles. The maximum atomic E-state index is 13.0. The van der Waals surface area contributed by atoms with Crippen LogP contribution < -0.4 is 0 Å². The Balaban J connectivity index is 2.22. The van der Waals surface area contributed by atoms with Crippen molar-refractivity contribution >= 4 is 27.3 Å². The largest absolute Gasteiger partial charge is 0.204 e. The van der Waals surface area contributed by atoms with Gasteiger partial charge in [0.2, 0.25) is 0 Å². The van der Waals surface area contributed by atoms with Crippen LogP contribution in [0.4, 0.5) is 13.2 Å². The van der Waals surface area contributed by atoms with Gasteiger partial charge in [0, 0.05) is 9.70 Å². The first-order valence-corrected chi connectivity index (χ1v) is 6.68. The maximum Gasteiger partial charge on any atom is 0.194 e. The van der Waals surface area contributed by atoms with Crippen molar-refractivity contribution in [3.63, 3.8) is 0 Å². The second-order valence-corrected chi connectivity index (χ2v) is 5.69. The van der Waals surface area contributed by atoms with Gasteiger partial charge in [-0.3, -0.25) is 0 Å². The predicted molar refractivity (Wildman–Crippen MR) is 66.0 cm³/mol. The number of hydrogen-bond donors (Lipinski definition) is 0. The van der Waals surface area contributed by atoms with Gasteiger partial charge in [-0.1, -0.05) is 22.0 Å². The fourth-order valence-electron chi connectivity index (χ4n) is 1.48. The highest BCUT2D eigenvalue weighted by atomic mass is 79.9. The number of alkyl halides is 1. The van der Waals surface area contributed by atoms with E-state index in [1.165, 1.54) is 0 Å². The van der Waals surface area contributed by atoms with Gasteiger partial charge in [0.05, 0.1) is 0 Å². The highest BCUT2D eigenvalue weighted by molar-refractivity contribution is 9.09. The third-order valence-corrected chi connectivity index (χ3v) is 4.08. The molecule has 0 fully saturated rings. The Morgan fingerprint density at radius 3 is 2.35 bits per heavy atom. The van der Waals surface area contributed by atoms with Crippen LogP contribution in [-0.2, 0) is 6.42 Å². The number of rotatable bonds is 3. The molecule has 0 aliphatic carbocycles. The van der Waals surface area contributed by atoms with E-state index >= 15 is 0 Å². The van der Waals surface area contributed by atoms with E-state index in [2.05, 4.69) is 15.9 Å². The minimum atomic E-state index is -1.43. The van der Waals surface area contributed by atoms with Crippen molar-refractivity contribution in [1.82, 2.24) is 0 Å². The summed E-state index contributed by atoms with van der Waals surface area (Å²) in [6.45, 7) is 0. The van der Waals surface area contributed by atoms with Crippen molar-refractivity contribution in [2.45, 2.75) is 11.2 Å². The van der Waals surface area contributed by atoms with Crippen LogP contribution in [0.15, 0.2) is 29.6 Å². The Labute approximate surface area is 109 Å². The molecule has 0 amide bonds. The molecule has 90 valence electrons. The molecule has 5 heteroatoms. The topological polar surface area (TPSA) is 0 Å². The minimum Gasteiger partial charge on any atom is -0.204 e. The van der Waals surface area contributed by atoms with Gasteiger partial charge >= 0.3 is 0 Å². The predicted octanol–water partition coefficient (Wildman–Crippen LogP) is 4.84. The quantitative estimate of drug-likeness (QED) is 0.560. The summed E-state index contributed by atoms with van der Waals surface area (Å²) in [6, 6.07) is 5.89. The van der Waals surface area contributed by atoms with Crippen LogP contribution >= 0.6 is 27.3 Å². The first kappa shape index (κ1) is 12.6. The van der Waals surface area contributed by atoms with Gasteiger partial charge in [-0.15, -0.1) is 11.3 Å². The van der Waals surface area contributed by atoms with Crippen LogP contribution in [0.25, 0.3) is 0 Å². The van der Waals surface area contributed by atoms with Crippen LogP contribution in [0.5, 0.6) is 0 Å². The minimum absolute atomic E-state index is 0.231. The summed E-state index contributed by atoms with van der Waals surface area (Å²) in [7, 11) is 0. The zero-order chi connectivity index (χ0) is 12.4. The average molecular weight is 321 g/mol. The molecule has 17 heavy (non-hydrogen) atoms. The van der Waals surface area contributed by atoms with Crippen LogP contribution in [-0.4, -0.2) is 0 Å². The van der Waals surface area contributed by atoms with E-state index in [0.717, 1.165) is 17.0 Å². The summed E-state index contributed by atoms with van der Waals surface area (Å²) in [5.41, 5.74) is 0.398. The monoisotopic (exact) mass is 320 g/mol. The molecule has 2 aromatic rings. The van der Waals surface area contributed by atoms with Crippen molar-refractivity contribution in [1.29, 1.82) is 0 Å². The van der Waals surface area contributed by atoms with Gasteiger partial charge in [0.25, 0.3) is 0 Å². The maximum absolute atomic E-state index is 13.0. The van der Waals surface area contributed by atoms with Gasteiger partial charge in [-0.05, 0) is 35.6 Å². The molecule has 0 aliphatic rings. The molecular weight excluding hydrogens is 313 g/mol. The van der Waals surface area contributed by atoms with Crippen LogP contribution in [0.2, 0.25) is 0 Å². The van der Waals surface area contributed by atoms with E-state index in [9.17, 15) is 13.2 Å². The van der Waals surface area contributed by atoms with E-state index in [1.54, 1.807) is 11.3 Å². The normalized spacial score (nSPS) is 12.7. The third-order valence-electron chi connectivity index (χ3n) is 2.33. The number of halogens is 4. The molecule has 0 aliphatic heterocycles. The summed E-state index contributed by atoms with van der Waals surface area (Å²) < 4.78 is 38.9. The lowest BCUT2D eigenvalue weighted by atomic mass is 10.1. The lowest BCUT2D eigenvalue weighted by Gasteiger charge is -2.09. The van der Waals surface area contributed by atoms with E-state index < -0.39 is 17.5 Å². The number of thiophene rings is 1. The van der Waals surface area contributed by atoms with Crippen molar-refractivity contribution in [2.24, 2.45) is 0 Å². The Hall–Kier alpha value is -0.810. The lowest BCUT2D eigenvalue weighted by Crippen LogP contribution is -1.99. The zero-order valence-electron chi connectivity index (χ0n) is 8.59. The molecule has 0 radical (unpaired) electrons. The molecule has 1 aromatic heterocycles. The Bertz CT molecular complexity index is 487. The van der Waals surface area contributed by atoms with Crippen molar-refractivity contribution in [3.05, 3.63) is 57.5 Å². The number of hydrogen-bond acceptors (Lipinski definition) is 1. The summed E-state index contributed by atoms with van der Waals surface area (Å²) in [5.74, 6) is -3.74. The average Bonchev–Trinajstić information content (AvgIpc) is 2.77. The molecule has 0 N–H and O–H groups in total. The summed E-state index contributed by atoms with van der Waals surface area (Å²) in [5, 5.41) is 1.93. The van der Waals surface area contributed by atoms with Gasteiger partial charge in [-0.25, -0.2) is 13.2 Å². The first-order chi connectivity index (χ1) is 8.08. The van der Waals surface area contributed by atoms with Crippen LogP contribution in [0, 0.1) is 17.5 Å². The summed E-state index contributed by atoms with van der Waals surface area (Å²) in [4.78, 5) is 0.864. The van der Waals surface area contributed by atoms with Crippen LogP contribution in [0.3, 0.4) is 0 Å². The van der Waals surface area contributed by atoms with Gasteiger partial charge in [-0.2, -0.15) is 0 Å². The Morgan fingerprint density at radius 1 is 1.18 bits per heavy atom. The summed E-state index contributed by atoms with van der Waals surface area (Å²) in [6.07, 6.45) is 0.613. The van der Waals surface area contributed by atoms with Gasteiger partial charge in [0.1, 0.15) is 0 Å². The fraction of sp³-hybridized carbons (Fsp3) is 0.167. The lowest BCUT2D eigenvalue weighted by molar-refractivity contribution is 0.445. The van der Waals surface area contributed by atoms with Crippen molar-refractivity contribution in [2.75, 3.05) is 0 Å². The van der Waals surface area contributed by atoms with Gasteiger partial charge in [0.15, 0.2) is 17.5 Å². The highest BCUT2D eigenvalue weighted by Gasteiger charge is 2.16. The first-order valence-electron chi connectivity index (χ1n) is 4.89. The smallest absolute Gasteiger partial charge is 0.194 e. The molecular formula is C12H8BrF3S. The van der Waals surface area contributed by atoms with E-state index in [-0.39, 0.29) is 4.83 Å². The molecule has 0 saturated heterocycles. The van der Waals surface area contributed by atoms with Gasteiger partial charge < -0.3 is 0 Å². The number of benzene rings is 1. The standard InChI is InChI=1S/C12H8BrF3S/c13-9(6-8-2-1-3-17-8)7-4-10(14)12(16)11(15)5-7/h1-5,9H,6H2. The Morgan fingerprint density at radius 2 is 1.82 bits per heavy atom. The fourth-order valence-corrected chi connectivity index (χ4v) is 3.06. The molecule has 1 aromatic carbocycles.